The van der Waals surface area contributed by atoms with Crippen LogP contribution in [0.3, 0.4) is 0 Å². The van der Waals surface area contributed by atoms with Gasteiger partial charge in [-0.15, -0.1) is 0 Å². The Morgan fingerprint density at radius 1 is 1.19 bits per heavy atom. The first-order valence-electron chi connectivity index (χ1n) is 8.39. The summed E-state index contributed by atoms with van der Waals surface area (Å²) >= 11 is 0. The van der Waals surface area contributed by atoms with E-state index in [1.165, 1.54) is 23.1 Å². The smallest absolute Gasteiger partial charge is 0.387 e. The normalized spacial score (nSPS) is 17.7. The molecule has 140 valence electrons. The Morgan fingerprint density at radius 3 is 2.63 bits per heavy atom. The summed E-state index contributed by atoms with van der Waals surface area (Å²) in [6.07, 6.45) is 0. The van der Waals surface area contributed by atoms with Crippen molar-refractivity contribution >= 4 is 11.6 Å². The average molecular weight is 373 g/mol. The number of fused-ring (bicyclic) bond motifs is 2. The molecule has 5 nitrogen and oxygen atoms in total. The highest BCUT2D eigenvalue weighted by atomic mass is 19.3. The maximum atomic E-state index is 12.9. The second-order valence-corrected chi connectivity index (χ2v) is 6.89. The van der Waals surface area contributed by atoms with Crippen molar-refractivity contribution in [1.82, 2.24) is 4.90 Å². The summed E-state index contributed by atoms with van der Waals surface area (Å²) in [6.45, 7) is 0.622. The van der Waals surface area contributed by atoms with E-state index in [2.05, 4.69) is 4.74 Å². The summed E-state index contributed by atoms with van der Waals surface area (Å²) in [6, 6.07) is 11.4. The second kappa shape index (κ2) is 5.97. The van der Waals surface area contributed by atoms with Crippen molar-refractivity contribution in [3.05, 3.63) is 64.9 Å². The number of carbonyl (C=O) groups excluding carboxylic acids is 1. The van der Waals surface area contributed by atoms with Gasteiger partial charge in [0.2, 0.25) is 0 Å². The number of ether oxygens (including phenoxy) is 2. The zero-order valence-corrected chi connectivity index (χ0v) is 14.7. The molecule has 0 atom stereocenters. The van der Waals surface area contributed by atoms with Crippen molar-refractivity contribution in [2.75, 3.05) is 0 Å². The van der Waals surface area contributed by atoms with Crippen molar-refractivity contribution in [1.29, 1.82) is 0 Å². The van der Waals surface area contributed by atoms with Gasteiger partial charge in [0, 0.05) is 11.1 Å². The largest absolute Gasteiger partial charge is 0.506 e. The lowest BCUT2D eigenvalue weighted by molar-refractivity contribution is -0.0499. The van der Waals surface area contributed by atoms with Crippen LogP contribution in [-0.2, 0) is 6.54 Å². The van der Waals surface area contributed by atoms with Crippen LogP contribution in [0.1, 0.15) is 35.3 Å². The molecule has 0 unspecified atom stereocenters. The first-order chi connectivity index (χ1) is 12.8. The van der Waals surface area contributed by atoms with E-state index in [1.54, 1.807) is 26.0 Å². The lowest BCUT2D eigenvalue weighted by Crippen LogP contribution is -2.38. The Hall–Kier alpha value is -3.09. The van der Waals surface area contributed by atoms with Crippen molar-refractivity contribution < 1.29 is 28.2 Å². The molecule has 2 aromatic carbocycles. The zero-order chi connectivity index (χ0) is 19.3. The third-order valence-electron chi connectivity index (χ3n) is 4.68. The Labute approximate surface area is 154 Å². The third-order valence-corrected chi connectivity index (χ3v) is 4.68. The van der Waals surface area contributed by atoms with Gasteiger partial charge in [-0.05, 0) is 43.7 Å². The van der Waals surface area contributed by atoms with Gasteiger partial charge < -0.3 is 14.6 Å². The van der Waals surface area contributed by atoms with Crippen LogP contribution < -0.4 is 9.47 Å². The monoisotopic (exact) mass is 373 g/mol. The molecule has 0 aromatic heterocycles. The fourth-order valence-electron chi connectivity index (χ4n) is 3.40. The predicted molar refractivity (Wildman–Crippen MR) is 93.6 cm³/mol. The molecule has 0 saturated heterocycles. The molecule has 2 aliphatic rings. The third kappa shape index (κ3) is 2.79. The number of aliphatic hydroxyl groups excluding tert-OH is 1. The molecule has 4 rings (SSSR count). The van der Waals surface area contributed by atoms with Crippen LogP contribution in [-0.4, -0.2) is 28.1 Å². The molecule has 0 radical (unpaired) electrons. The highest BCUT2D eigenvalue weighted by molar-refractivity contribution is 6.04. The summed E-state index contributed by atoms with van der Waals surface area (Å²) in [5.41, 5.74) is 0.855. The van der Waals surface area contributed by atoms with Crippen LogP contribution in [0, 0.1) is 0 Å². The molecule has 0 aliphatic carbocycles. The zero-order valence-electron chi connectivity index (χ0n) is 14.7. The highest BCUT2D eigenvalue weighted by Gasteiger charge is 2.41. The van der Waals surface area contributed by atoms with E-state index >= 15 is 0 Å². The predicted octanol–water partition coefficient (Wildman–Crippen LogP) is 4.34. The number of nitrogens with zero attached hydrogens (tertiary/aromatic N) is 1. The standard InChI is InChI=1S/C20H17F2NO4/c1-20(2)17(24)16(23-10-11-5-3-4-6-13(11)18(23)25)14-9-12(26-19(21)22)7-8-15(14)27-20/h3-9,19,24H,10H2,1-2H3. The topological polar surface area (TPSA) is 59.0 Å². The SMILES string of the molecule is CC1(C)Oc2ccc(OC(F)F)cc2C(N2Cc3ccccc3C2=O)=C1O. The minimum absolute atomic E-state index is 0.0819. The van der Waals surface area contributed by atoms with E-state index in [9.17, 15) is 18.7 Å². The first kappa shape index (κ1) is 17.3. The Bertz CT molecular complexity index is 968. The molecule has 27 heavy (non-hydrogen) atoms. The van der Waals surface area contributed by atoms with Crippen LogP contribution in [0.2, 0.25) is 0 Å². The minimum atomic E-state index is -2.98. The fourth-order valence-corrected chi connectivity index (χ4v) is 3.40. The van der Waals surface area contributed by atoms with Gasteiger partial charge in [0.25, 0.3) is 5.91 Å². The molecular weight excluding hydrogens is 356 g/mol. The summed E-state index contributed by atoms with van der Waals surface area (Å²) in [4.78, 5) is 14.4. The summed E-state index contributed by atoms with van der Waals surface area (Å²) in [7, 11) is 0. The number of aliphatic hydroxyl groups is 1. The molecule has 1 amide bonds. The van der Waals surface area contributed by atoms with Crippen LogP contribution >= 0.6 is 0 Å². The summed E-state index contributed by atoms with van der Waals surface area (Å²) in [5, 5.41) is 10.8. The van der Waals surface area contributed by atoms with E-state index < -0.39 is 12.2 Å². The van der Waals surface area contributed by atoms with Crippen molar-refractivity contribution in [2.45, 2.75) is 32.6 Å². The summed E-state index contributed by atoms with van der Waals surface area (Å²) in [5.74, 6) is -0.124. The molecular formula is C20H17F2NO4. The van der Waals surface area contributed by atoms with E-state index in [-0.39, 0.29) is 29.7 Å². The number of hydrogen-bond acceptors (Lipinski definition) is 4. The van der Waals surface area contributed by atoms with Gasteiger partial charge in [-0.1, -0.05) is 18.2 Å². The summed E-state index contributed by atoms with van der Waals surface area (Å²) < 4.78 is 35.5. The number of benzene rings is 2. The van der Waals surface area contributed by atoms with E-state index in [4.69, 9.17) is 4.74 Å². The van der Waals surface area contributed by atoms with E-state index in [1.807, 2.05) is 12.1 Å². The minimum Gasteiger partial charge on any atom is -0.506 e. The molecule has 0 saturated carbocycles. The number of carbonyl (C=O) groups is 1. The average Bonchev–Trinajstić information content (AvgIpc) is 2.93. The van der Waals surface area contributed by atoms with Crippen LogP contribution in [0.15, 0.2) is 48.2 Å². The molecule has 1 N–H and O–H groups in total. The molecule has 0 fully saturated rings. The van der Waals surface area contributed by atoms with Crippen LogP contribution in [0.5, 0.6) is 11.5 Å². The van der Waals surface area contributed by atoms with Gasteiger partial charge in [0.05, 0.1) is 12.2 Å². The fraction of sp³-hybridized carbons (Fsp3) is 0.250. The molecule has 2 aliphatic heterocycles. The molecule has 0 bridgehead atoms. The highest BCUT2D eigenvalue weighted by Crippen LogP contribution is 2.45. The number of hydrogen-bond donors (Lipinski definition) is 1. The quantitative estimate of drug-likeness (QED) is 0.869. The number of alkyl halides is 2. The maximum Gasteiger partial charge on any atom is 0.387 e. The molecule has 7 heteroatoms. The van der Waals surface area contributed by atoms with Crippen LogP contribution in [0.4, 0.5) is 8.78 Å². The number of halogens is 2. The van der Waals surface area contributed by atoms with Gasteiger partial charge in [-0.2, -0.15) is 8.78 Å². The van der Waals surface area contributed by atoms with E-state index in [0.717, 1.165) is 5.56 Å². The Balaban J connectivity index is 1.85. The first-order valence-corrected chi connectivity index (χ1v) is 8.39. The van der Waals surface area contributed by atoms with Gasteiger partial charge in [0.15, 0.2) is 11.4 Å². The van der Waals surface area contributed by atoms with Crippen molar-refractivity contribution in [2.24, 2.45) is 0 Å². The Morgan fingerprint density at radius 2 is 1.93 bits per heavy atom. The van der Waals surface area contributed by atoms with Gasteiger partial charge >= 0.3 is 6.61 Å². The number of amides is 1. The lowest BCUT2D eigenvalue weighted by atomic mass is 9.95. The maximum absolute atomic E-state index is 12.9. The Kier molecular flexibility index (Phi) is 3.83. The van der Waals surface area contributed by atoms with E-state index in [0.29, 0.717) is 16.9 Å². The van der Waals surface area contributed by atoms with Gasteiger partial charge in [-0.3, -0.25) is 9.69 Å². The molecule has 0 spiro atoms. The number of rotatable bonds is 3. The lowest BCUT2D eigenvalue weighted by Gasteiger charge is -2.36. The van der Waals surface area contributed by atoms with Crippen molar-refractivity contribution in [3.8, 4) is 11.5 Å². The van der Waals surface area contributed by atoms with Gasteiger partial charge in [0.1, 0.15) is 11.5 Å². The molecule has 2 aromatic rings. The van der Waals surface area contributed by atoms with Gasteiger partial charge in [-0.25, -0.2) is 0 Å². The molecule has 2 heterocycles. The second-order valence-electron chi connectivity index (χ2n) is 6.89. The van der Waals surface area contributed by atoms with Crippen LogP contribution in [0.25, 0.3) is 5.70 Å². The van der Waals surface area contributed by atoms with Crippen molar-refractivity contribution in [3.63, 3.8) is 0 Å².